The number of pyridine rings is 1. The van der Waals surface area contributed by atoms with Gasteiger partial charge in [-0.15, -0.1) is 11.8 Å². The van der Waals surface area contributed by atoms with Crippen LogP contribution >= 0.6 is 11.8 Å². The molecule has 4 aromatic heterocycles. The fourth-order valence-corrected chi connectivity index (χ4v) is 10.9. The summed E-state index contributed by atoms with van der Waals surface area (Å²) in [4.78, 5) is 72.7. The second-order valence-corrected chi connectivity index (χ2v) is 22.0. The minimum absolute atomic E-state index is 0.0111. The number of β-amino-alcohol motifs (C(OH)–C–C–N with tert-alkyl or cyclic N) is 1. The molecule has 3 fully saturated rings. The van der Waals surface area contributed by atoms with Crippen molar-refractivity contribution in [2.45, 2.75) is 113 Å². The number of aromatic amines is 1. The predicted molar refractivity (Wildman–Crippen MR) is 289 cm³/mol. The molecule has 418 valence electrons. The van der Waals surface area contributed by atoms with Gasteiger partial charge in [-0.25, -0.2) is 19.2 Å². The third kappa shape index (κ3) is 15.0. The standard InChI is InChI=1S/C36H47N5O4.C10H12N4O3.C8H10FN3O3S/c1-36(2,3)39-35(45)31-24-40(22-26-12-9-15-37-21-26)16-17-41(31)23-29(42)19-28(18-25-10-5-4-6-11-25)34(44)38-33-30-14-8-7-13-27(30)20-32(33)43;15-3-6-1-2-7(17-6)14-5-13-8-9(14)11-4-12-10(8)16;9-4-1-12(8(14)11-7(4)10)5-3-16-6(2-13)15-5/h4-15,21,28-29,31-33,42-43H,16-20,22-24H2,1-3H3,(H,38,44)(H,39,45);4-7,15H,1-3H2,(H,11,12,16);1,5-6,13H,2-3H2,(H2,10,11,14)/t28-,29+,31+,32-,33+;6-,7+;5-,6+/m100/s1. The number of piperazine rings is 1. The summed E-state index contributed by atoms with van der Waals surface area (Å²) in [6.07, 6.45) is 7.75. The van der Waals surface area contributed by atoms with E-state index in [0.717, 1.165) is 52.4 Å². The minimum atomic E-state index is -0.833. The first-order valence-corrected chi connectivity index (χ1v) is 27.1. The number of hydrogen-bond acceptors (Lipinski definition) is 18. The maximum absolute atomic E-state index is 13.8. The highest BCUT2D eigenvalue weighted by Crippen LogP contribution is 2.33. The Labute approximate surface area is 454 Å². The summed E-state index contributed by atoms with van der Waals surface area (Å²) in [6, 6.07) is 20.6. The van der Waals surface area contributed by atoms with Crippen LogP contribution < -0.4 is 27.6 Å². The van der Waals surface area contributed by atoms with E-state index in [9.17, 15) is 33.8 Å². The SMILES string of the molecule is CC(C)(C)NC(=O)[C@@H]1CN(Cc2cccnc2)CCN1C[C@@H](O)C[C@@H](Cc1ccccc1)C(=O)N[C@H]1c2ccccc2C[C@H]1O.Nc1nc(=O)n([C@@H]2CS[C@H](CO)O2)cc1F.O=c1[nH]cnc2c1ncn2[C@H]1CC[C@@H](CO)O1. The third-order valence-electron chi connectivity index (χ3n) is 13.8. The number of nitrogen functional groups attached to an aromatic ring is 1. The number of benzene rings is 2. The van der Waals surface area contributed by atoms with Crippen LogP contribution in [0.2, 0.25) is 0 Å². The average Bonchev–Trinajstić information content (AvgIpc) is 4.26. The number of ether oxygens (including phenoxy) is 2. The smallest absolute Gasteiger partial charge is 0.351 e. The number of anilines is 1. The first-order chi connectivity index (χ1) is 37.5. The largest absolute Gasteiger partial charge is 0.394 e. The summed E-state index contributed by atoms with van der Waals surface area (Å²) < 4.78 is 26.8. The zero-order chi connectivity index (χ0) is 55.5. The number of amides is 2. The molecule has 0 saturated carbocycles. The number of nitrogens with one attached hydrogen (secondary N) is 3. The van der Waals surface area contributed by atoms with Crippen molar-refractivity contribution in [3.8, 4) is 0 Å². The number of aromatic nitrogens is 7. The van der Waals surface area contributed by atoms with Crippen LogP contribution in [-0.2, 0) is 38.4 Å². The van der Waals surface area contributed by atoms with Gasteiger partial charge in [0.2, 0.25) is 11.8 Å². The predicted octanol–water partition coefficient (Wildman–Crippen LogP) is 2.20. The number of nitrogens with two attached hydrogens (primary N) is 1. The Morgan fingerprint density at radius 3 is 2.45 bits per heavy atom. The molecule has 22 nitrogen and oxygen atoms in total. The molecule has 2 amide bonds. The van der Waals surface area contributed by atoms with Crippen LogP contribution in [0, 0.1) is 11.7 Å². The lowest BCUT2D eigenvalue weighted by molar-refractivity contribution is -0.132. The lowest BCUT2D eigenvalue weighted by atomic mass is 9.91. The molecule has 7 heterocycles. The first-order valence-electron chi connectivity index (χ1n) is 26.0. The van der Waals surface area contributed by atoms with Crippen LogP contribution in [0.5, 0.6) is 0 Å². The number of thioether (sulfide) groups is 1. The molecule has 9 atom stereocenters. The molecular formula is C54H69FN12O10S. The Morgan fingerprint density at radius 1 is 0.962 bits per heavy atom. The van der Waals surface area contributed by atoms with Crippen LogP contribution in [-0.4, -0.2) is 157 Å². The number of nitrogens with zero attached hydrogens (tertiary/aromatic N) is 8. The number of hydrogen-bond donors (Lipinski definition) is 8. The van der Waals surface area contributed by atoms with E-state index in [1.54, 1.807) is 17.1 Å². The number of carbonyl (C=O) groups is 2. The zero-order valence-corrected chi connectivity index (χ0v) is 44.6. The Balaban J connectivity index is 0.000000196. The second kappa shape index (κ2) is 26.4. The van der Waals surface area contributed by atoms with E-state index in [0.29, 0.717) is 49.4 Å². The van der Waals surface area contributed by atoms with Crippen LogP contribution in [0.15, 0.2) is 108 Å². The number of aliphatic hydroxyl groups excluding tert-OH is 4. The molecule has 0 unspecified atom stereocenters. The molecule has 0 bridgehead atoms. The van der Waals surface area contributed by atoms with E-state index in [4.69, 9.17) is 25.4 Å². The fraction of sp³-hybridized carbons (Fsp3) is 0.481. The normalized spacial score (nSPS) is 23.1. The average molecular weight is 1100 g/mol. The van der Waals surface area contributed by atoms with Gasteiger partial charge in [-0.2, -0.15) is 4.98 Å². The molecule has 10 rings (SSSR count). The van der Waals surface area contributed by atoms with Gasteiger partial charge in [0, 0.05) is 68.7 Å². The monoisotopic (exact) mass is 1100 g/mol. The maximum atomic E-state index is 13.8. The summed E-state index contributed by atoms with van der Waals surface area (Å²) in [7, 11) is 0. The van der Waals surface area contributed by atoms with Crippen molar-refractivity contribution < 1.29 is 43.9 Å². The van der Waals surface area contributed by atoms with Gasteiger partial charge in [-0.05, 0) is 74.8 Å². The molecular weight excluding hydrogens is 1030 g/mol. The van der Waals surface area contributed by atoms with Gasteiger partial charge in [0.1, 0.15) is 23.9 Å². The number of imidazole rings is 1. The highest BCUT2D eigenvalue weighted by Gasteiger charge is 2.38. The van der Waals surface area contributed by atoms with Crippen molar-refractivity contribution in [3.05, 3.63) is 147 Å². The van der Waals surface area contributed by atoms with Crippen molar-refractivity contribution in [3.63, 3.8) is 0 Å². The highest BCUT2D eigenvalue weighted by molar-refractivity contribution is 8.00. The summed E-state index contributed by atoms with van der Waals surface area (Å²) in [5.41, 5.74) is 8.34. The van der Waals surface area contributed by atoms with E-state index < -0.39 is 64.7 Å². The van der Waals surface area contributed by atoms with E-state index in [1.165, 1.54) is 18.1 Å². The topological polar surface area (TPSA) is 301 Å². The number of fused-ring (bicyclic) bond motifs is 2. The van der Waals surface area contributed by atoms with Gasteiger partial charge < -0.3 is 51.3 Å². The number of rotatable bonds is 15. The molecule has 1 aliphatic carbocycles. The summed E-state index contributed by atoms with van der Waals surface area (Å²) >= 11 is 1.35. The number of H-pyrrole nitrogens is 1. The molecule has 78 heavy (non-hydrogen) atoms. The second-order valence-electron chi connectivity index (χ2n) is 20.8. The molecule has 9 N–H and O–H groups in total. The maximum Gasteiger partial charge on any atom is 0.351 e. The van der Waals surface area contributed by atoms with Crippen LogP contribution in [0.25, 0.3) is 11.2 Å². The van der Waals surface area contributed by atoms with Crippen molar-refractivity contribution in [2.75, 3.05) is 50.9 Å². The Morgan fingerprint density at radius 2 is 1.73 bits per heavy atom. The minimum Gasteiger partial charge on any atom is -0.394 e. The van der Waals surface area contributed by atoms with E-state index in [2.05, 4.69) is 45.4 Å². The molecule has 3 saturated heterocycles. The van der Waals surface area contributed by atoms with Gasteiger partial charge in [-0.3, -0.25) is 38.3 Å². The fourth-order valence-electron chi connectivity index (χ4n) is 10.0. The van der Waals surface area contributed by atoms with E-state index in [1.807, 2.05) is 93.7 Å². The number of aliphatic hydroxyl groups is 4. The summed E-state index contributed by atoms with van der Waals surface area (Å²) in [5, 5.41) is 46.4. The van der Waals surface area contributed by atoms with Gasteiger partial charge in [0.15, 0.2) is 22.8 Å². The van der Waals surface area contributed by atoms with Crippen LogP contribution in [0.3, 0.4) is 0 Å². The van der Waals surface area contributed by atoms with Crippen molar-refractivity contribution in [1.29, 1.82) is 0 Å². The zero-order valence-electron chi connectivity index (χ0n) is 43.8. The Bertz CT molecular complexity index is 3060. The Hall–Kier alpha value is -6.48. The molecule has 3 aliphatic heterocycles. The molecule has 24 heteroatoms. The molecule has 4 aliphatic rings. The Kier molecular flexibility index (Phi) is 19.6. The van der Waals surface area contributed by atoms with E-state index >= 15 is 0 Å². The quantitative estimate of drug-likeness (QED) is 0.0731. The van der Waals surface area contributed by atoms with Gasteiger partial charge in [0.05, 0.1) is 56.4 Å². The molecule has 2 aromatic carbocycles. The van der Waals surface area contributed by atoms with Crippen LogP contribution in [0.1, 0.15) is 80.8 Å². The molecule has 0 spiro atoms. The van der Waals surface area contributed by atoms with Gasteiger partial charge in [0.25, 0.3) is 5.56 Å². The number of carbonyl (C=O) groups excluding carboxylic acids is 2. The van der Waals surface area contributed by atoms with Crippen molar-refractivity contribution >= 4 is 40.6 Å². The van der Waals surface area contributed by atoms with Gasteiger partial charge in [-0.1, -0.05) is 60.7 Å². The molecule has 6 aromatic rings. The van der Waals surface area contributed by atoms with Crippen molar-refractivity contribution in [2.24, 2.45) is 5.92 Å². The number of halogens is 1. The first kappa shape index (κ1) is 57.7. The van der Waals surface area contributed by atoms with Gasteiger partial charge >= 0.3 is 5.69 Å². The van der Waals surface area contributed by atoms with Crippen LogP contribution in [0.4, 0.5) is 10.2 Å². The summed E-state index contributed by atoms with van der Waals surface area (Å²) in [5.74, 6) is -1.52. The van der Waals surface area contributed by atoms with Crippen molar-refractivity contribution in [1.82, 2.24) is 54.5 Å². The third-order valence-corrected chi connectivity index (χ3v) is 14.9. The lowest BCUT2D eigenvalue weighted by Gasteiger charge is -2.42. The lowest BCUT2D eigenvalue weighted by Crippen LogP contribution is -2.61. The highest BCUT2D eigenvalue weighted by atomic mass is 32.2. The summed E-state index contributed by atoms with van der Waals surface area (Å²) in [6.45, 7) is 8.60. The van der Waals surface area contributed by atoms with E-state index in [-0.39, 0.29) is 55.9 Å². The molecule has 0 radical (unpaired) electrons.